The second-order valence-corrected chi connectivity index (χ2v) is 7.57. The summed E-state index contributed by atoms with van der Waals surface area (Å²) >= 11 is 1.65. The summed E-state index contributed by atoms with van der Waals surface area (Å²) in [4.78, 5) is 41.2. The van der Waals surface area contributed by atoms with E-state index >= 15 is 0 Å². The Morgan fingerprint density at radius 3 is 2.58 bits per heavy atom. The van der Waals surface area contributed by atoms with E-state index in [0.717, 1.165) is 21.8 Å². The molecule has 0 spiro atoms. The minimum absolute atomic E-state index is 0.0414. The lowest BCUT2D eigenvalue weighted by Crippen LogP contribution is -2.43. The molecule has 1 aromatic carbocycles. The summed E-state index contributed by atoms with van der Waals surface area (Å²) in [7, 11) is 0. The molecule has 7 heteroatoms. The maximum Gasteiger partial charge on any atom is 0.325 e. The van der Waals surface area contributed by atoms with Crippen LogP contribution in [0, 0.1) is 6.92 Å². The van der Waals surface area contributed by atoms with Crippen LogP contribution in [0.5, 0.6) is 0 Å². The highest BCUT2D eigenvalue weighted by Gasteiger charge is 2.31. The van der Waals surface area contributed by atoms with Crippen LogP contribution in [0.2, 0.25) is 0 Å². The zero-order valence-corrected chi connectivity index (χ0v) is 15.4. The molecule has 0 saturated carbocycles. The molecule has 1 aliphatic heterocycles. The Kier molecular flexibility index (Phi) is 5.68. The summed E-state index contributed by atoms with van der Waals surface area (Å²) in [5, 5.41) is 2.44. The van der Waals surface area contributed by atoms with Gasteiger partial charge in [-0.05, 0) is 31.0 Å². The molecule has 6 nitrogen and oxygen atoms in total. The van der Waals surface area contributed by atoms with Crippen LogP contribution in [0.15, 0.2) is 42.5 Å². The van der Waals surface area contributed by atoms with E-state index in [1.807, 2.05) is 49.4 Å². The Labute approximate surface area is 156 Å². The van der Waals surface area contributed by atoms with Crippen molar-refractivity contribution >= 4 is 29.2 Å². The van der Waals surface area contributed by atoms with Gasteiger partial charge in [0.2, 0.25) is 5.91 Å². The van der Waals surface area contributed by atoms with Gasteiger partial charge in [-0.25, -0.2) is 4.79 Å². The minimum atomic E-state index is -0.502. The monoisotopic (exact) mass is 371 g/mol. The van der Waals surface area contributed by atoms with E-state index < -0.39 is 6.03 Å². The highest BCUT2D eigenvalue weighted by Crippen LogP contribution is 2.18. The normalized spacial score (nSPS) is 13.8. The lowest BCUT2D eigenvalue weighted by Gasteiger charge is -2.24. The third-order valence-corrected chi connectivity index (χ3v) is 5.22. The van der Waals surface area contributed by atoms with Crippen LogP contribution in [-0.2, 0) is 22.6 Å². The fourth-order valence-corrected chi connectivity index (χ4v) is 3.72. The number of amides is 4. The number of nitrogens with zero attached hydrogens (tertiary/aromatic N) is 2. The number of rotatable bonds is 7. The molecule has 3 rings (SSSR count). The van der Waals surface area contributed by atoms with Crippen LogP contribution < -0.4 is 5.32 Å². The van der Waals surface area contributed by atoms with Gasteiger partial charge in [-0.15, -0.1) is 11.3 Å². The third-order valence-electron chi connectivity index (χ3n) is 4.24. The molecule has 1 N–H and O–H groups in total. The summed E-state index contributed by atoms with van der Waals surface area (Å²) in [6.07, 6.45) is 0.719. The number of nitrogens with one attached hydrogen (secondary N) is 1. The molecule has 1 aliphatic rings. The average Bonchev–Trinajstić information content (AvgIpc) is 3.19. The first-order valence-electron chi connectivity index (χ1n) is 8.48. The van der Waals surface area contributed by atoms with Crippen LogP contribution >= 0.6 is 11.3 Å². The maximum atomic E-state index is 12.8. The smallest absolute Gasteiger partial charge is 0.325 e. The number of hydrogen-bond donors (Lipinski definition) is 1. The summed E-state index contributed by atoms with van der Waals surface area (Å²) in [5.74, 6) is -0.587. The van der Waals surface area contributed by atoms with Gasteiger partial charge in [0.15, 0.2) is 0 Å². The van der Waals surface area contributed by atoms with Gasteiger partial charge in [0.25, 0.3) is 5.91 Å². The molecule has 26 heavy (non-hydrogen) atoms. The number of aryl methyl sites for hydroxylation is 1. The lowest BCUT2D eigenvalue weighted by molar-refractivity contribution is -0.136. The van der Waals surface area contributed by atoms with Crippen molar-refractivity contribution in [3.8, 4) is 0 Å². The van der Waals surface area contributed by atoms with Crippen LogP contribution in [-0.4, -0.2) is 47.3 Å². The van der Waals surface area contributed by atoms with E-state index in [0.29, 0.717) is 13.1 Å². The first-order valence-corrected chi connectivity index (χ1v) is 9.30. The van der Waals surface area contributed by atoms with Gasteiger partial charge in [-0.2, -0.15) is 0 Å². The molecule has 1 aromatic heterocycles. The van der Waals surface area contributed by atoms with Crippen LogP contribution in [0.3, 0.4) is 0 Å². The summed E-state index contributed by atoms with van der Waals surface area (Å²) in [6, 6.07) is 13.5. The number of thiophene rings is 1. The fraction of sp³-hybridized carbons (Fsp3) is 0.316. The summed E-state index contributed by atoms with van der Waals surface area (Å²) < 4.78 is 0. The molecular formula is C19H21N3O3S. The van der Waals surface area contributed by atoms with Crippen LogP contribution in [0.25, 0.3) is 0 Å². The number of imide groups is 1. The molecule has 0 radical (unpaired) electrons. The van der Waals surface area contributed by atoms with E-state index in [1.165, 1.54) is 4.88 Å². The van der Waals surface area contributed by atoms with Gasteiger partial charge >= 0.3 is 6.03 Å². The Hall–Kier alpha value is -2.67. The predicted octanol–water partition coefficient (Wildman–Crippen LogP) is 2.18. The van der Waals surface area contributed by atoms with Gasteiger partial charge in [-0.3, -0.25) is 14.5 Å². The van der Waals surface area contributed by atoms with Crippen molar-refractivity contribution in [3.05, 3.63) is 57.8 Å². The molecule has 0 atom stereocenters. The Balaban J connectivity index is 1.69. The van der Waals surface area contributed by atoms with Gasteiger partial charge in [-0.1, -0.05) is 30.3 Å². The Morgan fingerprint density at radius 2 is 1.96 bits per heavy atom. The van der Waals surface area contributed by atoms with Crippen LogP contribution in [0.1, 0.15) is 15.3 Å². The topological polar surface area (TPSA) is 69.7 Å². The van der Waals surface area contributed by atoms with Crippen molar-refractivity contribution < 1.29 is 14.4 Å². The quantitative estimate of drug-likeness (QED) is 0.759. The molecule has 2 aromatic rings. The number of hydrogen-bond acceptors (Lipinski definition) is 4. The lowest BCUT2D eigenvalue weighted by atomic mass is 10.1. The van der Waals surface area contributed by atoms with Gasteiger partial charge < -0.3 is 10.2 Å². The van der Waals surface area contributed by atoms with Gasteiger partial charge in [0.1, 0.15) is 6.54 Å². The standard InChI is InChI=1S/C19H21N3O3S/c1-14-7-8-16(26-14)12-21(10-9-15-5-3-2-4-6-15)18(24)13-22-17(23)11-20-19(22)25/h2-8H,9-13H2,1H3,(H,20,25). The Morgan fingerprint density at radius 1 is 1.19 bits per heavy atom. The SMILES string of the molecule is Cc1ccc(CN(CCc2ccccc2)C(=O)CN2C(=O)CNC2=O)s1. The van der Waals surface area contributed by atoms with Gasteiger partial charge in [0, 0.05) is 16.3 Å². The second kappa shape index (κ2) is 8.14. The largest absolute Gasteiger partial charge is 0.336 e. The molecule has 0 unspecified atom stereocenters. The van der Waals surface area contributed by atoms with Gasteiger partial charge in [0.05, 0.1) is 13.1 Å². The van der Waals surface area contributed by atoms with Crippen molar-refractivity contribution in [1.29, 1.82) is 0 Å². The van der Waals surface area contributed by atoms with Crippen molar-refractivity contribution in [1.82, 2.24) is 15.1 Å². The van der Waals surface area contributed by atoms with E-state index in [1.54, 1.807) is 16.2 Å². The van der Waals surface area contributed by atoms with E-state index in [-0.39, 0.29) is 24.9 Å². The fourth-order valence-electron chi connectivity index (χ4n) is 2.81. The molecule has 136 valence electrons. The molecule has 2 heterocycles. The average molecular weight is 371 g/mol. The Bertz CT molecular complexity index is 787. The van der Waals surface area contributed by atoms with E-state index in [4.69, 9.17) is 0 Å². The number of benzene rings is 1. The molecule has 1 saturated heterocycles. The zero-order chi connectivity index (χ0) is 18.5. The minimum Gasteiger partial charge on any atom is -0.336 e. The molecular weight excluding hydrogens is 350 g/mol. The van der Waals surface area contributed by atoms with E-state index in [2.05, 4.69) is 5.32 Å². The molecule has 1 fully saturated rings. The second-order valence-electron chi connectivity index (χ2n) is 6.20. The maximum absolute atomic E-state index is 12.8. The molecule has 0 bridgehead atoms. The predicted molar refractivity (Wildman–Crippen MR) is 99.7 cm³/mol. The van der Waals surface area contributed by atoms with Crippen LogP contribution in [0.4, 0.5) is 4.79 Å². The highest BCUT2D eigenvalue weighted by molar-refractivity contribution is 7.11. The third kappa shape index (κ3) is 4.49. The highest BCUT2D eigenvalue weighted by atomic mass is 32.1. The first kappa shape index (κ1) is 18.1. The van der Waals surface area contributed by atoms with Crippen molar-refractivity contribution in [2.75, 3.05) is 19.6 Å². The summed E-state index contributed by atoms with van der Waals surface area (Å²) in [6.45, 7) is 2.78. The van der Waals surface area contributed by atoms with Crippen molar-refractivity contribution in [2.24, 2.45) is 0 Å². The molecule has 0 aliphatic carbocycles. The number of carbonyl (C=O) groups is 3. The first-order chi connectivity index (χ1) is 12.5. The summed E-state index contributed by atoms with van der Waals surface area (Å²) in [5.41, 5.74) is 1.14. The number of carbonyl (C=O) groups excluding carboxylic acids is 3. The number of urea groups is 1. The van der Waals surface area contributed by atoms with Crippen molar-refractivity contribution in [3.63, 3.8) is 0 Å². The van der Waals surface area contributed by atoms with Crippen molar-refractivity contribution in [2.45, 2.75) is 19.9 Å². The van der Waals surface area contributed by atoms with E-state index in [9.17, 15) is 14.4 Å². The molecule has 4 amide bonds. The zero-order valence-electron chi connectivity index (χ0n) is 14.6.